The van der Waals surface area contributed by atoms with Gasteiger partial charge in [0.2, 0.25) is 5.91 Å². The zero-order valence-electron chi connectivity index (χ0n) is 10.3. The normalized spacial score (nSPS) is 17.5. The smallest absolute Gasteiger partial charge is 0.244 e. The van der Waals surface area contributed by atoms with Crippen molar-refractivity contribution in [3.63, 3.8) is 0 Å². The van der Waals surface area contributed by atoms with Crippen LogP contribution in [0.25, 0.3) is 0 Å². The lowest BCUT2D eigenvalue weighted by Crippen LogP contribution is -2.46. The number of hydrazine groups is 1. The highest BCUT2D eigenvalue weighted by Gasteiger charge is 2.44. The predicted molar refractivity (Wildman–Crippen MR) is 65.4 cm³/mol. The summed E-state index contributed by atoms with van der Waals surface area (Å²) in [5.41, 5.74) is 2.03. The fraction of sp³-hybridized carbons (Fsp3) is 0.462. The molecule has 18 heavy (non-hydrogen) atoms. The van der Waals surface area contributed by atoms with Gasteiger partial charge in [0, 0.05) is 5.56 Å². The van der Waals surface area contributed by atoms with Crippen LogP contribution in [0.5, 0.6) is 5.75 Å². The van der Waals surface area contributed by atoms with E-state index in [-0.39, 0.29) is 11.7 Å². The molecule has 1 fully saturated rings. The number of ether oxygens (including phenoxy) is 1. The van der Waals surface area contributed by atoms with Crippen LogP contribution in [0.15, 0.2) is 18.2 Å². The molecule has 5 heteroatoms. The number of carbonyl (C=O) groups excluding carboxylic acids is 1. The number of halogens is 1. The second-order valence-corrected chi connectivity index (χ2v) is 4.61. The lowest BCUT2D eigenvalue weighted by molar-refractivity contribution is -0.126. The first-order valence-corrected chi connectivity index (χ1v) is 5.99. The number of hydrogen-bond acceptors (Lipinski definition) is 3. The van der Waals surface area contributed by atoms with E-state index in [0.29, 0.717) is 24.2 Å². The van der Waals surface area contributed by atoms with Crippen LogP contribution < -0.4 is 16.0 Å². The number of carbonyl (C=O) groups is 1. The molecule has 2 rings (SSSR count). The third kappa shape index (κ3) is 1.95. The fourth-order valence-electron chi connectivity index (χ4n) is 2.79. The van der Waals surface area contributed by atoms with Crippen molar-refractivity contribution in [1.82, 2.24) is 5.43 Å². The van der Waals surface area contributed by atoms with Crippen LogP contribution in [-0.2, 0) is 10.2 Å². The van der Waals surface area contributed by atoms with Gasteiger partial charge in [0.1, 0.15) is 11.6 Å². The van der Waals surface area contributed by atoms with Gasteiger partial charge in [-0.15, -0.1) is 0 Å². The summed E-state index contributed by atoms with van der Waals surface area (Å²) >= 11 is 0. The average Bonchev–Trinajstić information content (AvgIpc) is 2.88. The quantitative estimate of drug-likeness (QED) is 0.488. The first-order chi connectivity index (χ1) is 8.64. The largest absolute Gasteiger partial charge is 0.496 e. The number of methoxy groups -OCH3 is 1. The molecule has 1 aromatic carbocycles. The first kappa shape index (κ1) is 12.8. The second-order valence-electron chi connectivity index (χ2n) is 4.61. The lowest BCUT2D eigenvalue weighted by atomic mass is 9.77. The molecule has 98 valence electrons. The Bertz CT molecular complexity index is 456. The topological polar surface area (TPSA) is 64.3 Å². The van der Waals surface area contributed by atoms with Crippen molar-refractivity contribution in [2.24, 2.45) is 5.84 Å². The summed E-state index contributed by atoms with van der Waals surface area (Å²) in [7, 11) is 1.51. The molecule has 0 aromatic heterocycles. The van der Waals surface area contributed by atoms with Crippen LogP contribution in [0.2, 0.25) is 0 Å². The Morgan fingerprint density at radius 3 is 2.67 bits per heavy atom. The van der Waals surface area contributed by atoms with Gasteiger partial charge in [-0.05, 0) is 31.0 Å². The highest BCUT2D eigenvalue weighted by molar-refractivity contribution is 5.89. The third-order valence-corrected chi connectivity index (χ3v) is 3.70. The Morgan fingerprint density at radius 1 is 1.44 bits per heavy atom. The number of rotatable bonds is 3. The minimum Gasteiger partial charge on any atom is -0.496 e. The maximum Gasteiger partial charge on any atom is 0.244 e. The van der Waals surface area contributed by atoms with Gasteiger partial charge >= 0.3 is 0 Å². The molecule has 1 saturated carbocycles. The minimum atomic E-state index is -0.762. The molecule has 1 aliphatic rings. The minimum absolute atomic E-state index is 0.274. The van der Waals surface area contributed by atoms with Crippen LogP contribution >= 0.6 is 0 Å². The van der Waals surface area contributed by atoms with Crippen molar-refractivity contribution >= 4 is 5.91 Å². The van der Waals surface area contributed by atoms with Crippen molar-refractivity contribution in [1.29, 1.82) is 0 Å². The van der Waals surface area contributed by atoms with Crippen molar-refractivity contribution in [2.45, 2.75) is 31.1 Å². The van der Waals surface area contributed by atoms with E-state index in [1.807, 2.05) is 0 Å². The van der Waals surface area contributed by atoms with Gasteiger partial charge in [-0.3, -0.25) is 10.2 Å². The molecule has 0 atom stereocenters. The van der Waals surface area contributed by atoms with E-state index in [0.717, 1.165) is 12.8 Å². The molecule has 1 amide bonds. The zero-order chi connectivity index (χ0) is 13.2. The zero-order valence-corrected chi connectivity index (χ0v) is 10.3. The molecule has 0 heterocycles. The summed E-state index contributed by atoms with van der Waals surface area (Å²) in [6.07, 6.45) is 3.17. The van der Waals surface area contributed by atoms with Gasteiger partial charge in [-0.25, -0.2) is 10.2 Å². The maximum atomic E-state index is 13.5. The predicted octanol–water partition coefficient (Wildman–Crippen LogP) is 1.64. The Labute approximate surface area is 105 Å². The van der Waals surface area contributed by atoms with E-state index in [1.54, 1.807) is 6.07 Å². The number of benzene rings is 1. The van der Waals surface area contributed by atoms with Gasteiger partial charge in [0.25, 0.3) is 0 Å². The molecule has 0 bridgehead atoms. The Hall–Kier alpha value is -1.62. The molecule has 4 nitrogen and oxygen atoms in total. The highest BCUT2D eigenvalue weighted by Crippen LogP contribution is 2.45. The number of hydrogen-bond donors (Lipinski definition) is 2. The lowest BCUT2D eigenvalue weighted by Gasteiger charge is -2.28. The van der Waals surface area contributed by atoms with Crippen LogP contribution in [0, 0.1) is 5.82 Å². The molecule has 0 spiro atoms. The summed E-state index contributed by atoms with van der Waals surface area (Å²) in [5, 5.41) is 0. The molecule has 3 N–H and O–H groups in total. The first-order valence-electron chi connectivity index (χ1n) is 5.99. The summed E-state index contributed by atoms with van der Waals surface area (Å²) in [5.74, 6) is 5.15. The Balaban J connectivity index is 2.55. The SMILES string of the molecule is COc1ccc(F)cc1C1(C(=O)NN)CCCC1. The van der Waals surface area contributed by atoms with Crippen molar-refractivity contribution in [3.8, 4) is 5.75 Å². The number of amides is 1. The molecule has 0 aliphatic heterocycles. The Kier molecular flexibility index (Phi) is 3.52. The standard InChI is InChI=1S/C13H17FN2O2/c1-18-11-5-4-9(14)8-10(11)13(12(17)16-15)6-2-3-7-13/h4-5,8H,2-3,6-7,15H2,1H3,(H,16,17). The maximum absolute atomic E-state index is 13.5. The fourth-order valence-corrected chi connectivity index (χ4v) is 2.79. The molecule has 1 aromatic rings. The van der Waals surface area contributed by atoms with Crippen molar-refractivity contribution < 1.29 is 13.9 Å². The van der Waals surface area contributed by atoms with Crippen LogP contribution in [0.1, 0.15) is 31.2 Å². The van der Waals surface area contributed by atoms with Crippen LogP contribution in [0.4, 0.5) is 4.39 Å². The second kappa shape index (κ2) is 4.94. The Morgan fingerprint density at radius 2 is 2.11 bits per heavy atom. The molecule has 0 saturated heterocycles. The van der Waals surface area contributed by atoms with Gasteiger partial charge in [-0.2, -0.15) is 0 Å². The number of nitrogens with two attached hydrogens (primary N) is 1. The molecular formula is C13H17FN2O2. The van der Waals surface area contributed by atoms with E-state index in [1.165, 1.54) is 19.2 Å². The summed E-state index contributed by atoms with van der Waals surface area (Å²) in [6.45, 7) is 0. The van der Waals surface area contributed by atoms with E-state index < -0.39 is 5.41 Å². The van der Waals surface area contributed by atoms with Gasteiger partial charge in [-0.1, -0.05) is 12.8 Å². The number of nitrogens with one attached hydrogen (secondary N) is 1. The molecule has 0 unspecified atom stereocenters. The van der Waals surface area contributed by atoms with Gasteiger partial charge < -0.3 is 4.74 Å². The summed E-state index contributed by atoms with van der Waals surface area (Å²) in [6, 6.07) is 4.25. The van der Waals surface area contributed by atoms with E-state index >= 15 is 0 Å². The molecule has 0 radical (unpaired) electrons. The molecule has 1 aliphatic carbocycles. The van der Waals surface area contributed by atoms with E-state index in [4.69, 9.17) is 10.6 Å². The van der Waals surface area contributed by atoms with Crippen LogP contribution in [0.3, 0.4) is 0 Å². The van der Waals surface area contributed by atoms with Crippen molar-refractivity contribution in [2.75, 3.05) is 7.11 Å². The third-order valence-electron chi connectivity index (χ3n) is 3.70. The average molecular weight is 252 g/mol. The van der Waals surface area contributed by atoms with E-state index in [9.17, 15) is 9.18 Å². The van der Waals surface area contributed by atoms with Crippen LogP contribution in [-0.4, -0.2) is 13.0 Å². The monoisotopic (exact) mass is 252 g/mol. The van der Waals surface area contributed by atoms with Crippen molar-refractivity contribution in [3.05, 3.63) is 29.6 Å². The van der Waals surface area contributed by atoms with Gasteiger partial charge in [0.15, 0.2) is 0 Å². The highest BCUT2D eigenvalue weighted by atomic mass is 19.1. The summed E-state index contributed by atoms with van der Waals surface area (Å²) in [4.78, 5) is 12.1. The summed E-state index contributed by atoms with van der Waals surface area (Å²) < 4.78 is 18.7. The van der Waals surface area contributed by atoms with Gasteiger partial charge in [0.05, 0.1) is 12.5 Å². The molecular weight excluding hydrogens is 235 g/mol. The van der Waals surface area contributed by atoms with E-state index in [2.05, 4.69) is 5.43 Å².